The van der Waals surface area contributed by atoms with Gasteiger partial charge in [0.05, 0.1) is 10.9 Å². The van der Waals surface area contributed by atoms with Gasteiger partial charge in [-0.15, -0.1) is 0 Å². The Balaban J connectivity index is 1.11. The Morgan fingerprint density at radius 2 is 1.50 bits per heavy atom. The van der Waals surface area contributed by atoms with Gasteiger partial charge in [0.2, 0.25) is 0 Å². The molecule has 7 aliphatic rings. The molecule has 7 heteroatoms. The van der Waals surface area contributed by atoms with Crippen molar-refractivity contribution in [3.63, 3.8) is 0 Å². The molecular weight excluding hydrogens is 641 g/mol. The van der Waals surface area contributed by atoms with Gasteiger partial charge < -0.3 is 14.5 Å². The summed E-state index contributed by atoms with van der Waals surface area (Å²) in [5.41, 5.74) is 9.24. The third kappa shape index (κ3) is 4.66. The van der Waals surface area contributed by atoms with Crippen LogP contribution in [0.5, 0.6) is 5.75 Å². The van der Waals surface area contributed by atoms with Crippen LogP contribution in [0.3, 0.4) is 0 Å². The molecule has 2 saturated carbocycles. The summed E-state index contributed by atoms with van der Waals surface area (Å²) < 4.78 is 43.0. The molecule has 254 valence electrons. The van der Waals surface area contributed by atoms with Crippen molar-refractivity contribution in [3.8, 4) is 5.75 Å². The number of nitrogens with zero attached hydrogens (tertiary/aromatic N) is 2. The van der Waals surface area contributed by atoms with E-state index >= 15 is 0 Å². The lowest BCUT2D eigenvalue weighted by molar-refractivity contribution is 0.379. The number of rotatable bonds is 4. The van der Waals surface area contributed by atoms with Crippen molar-refractivity contribution in [3.05, 3.63) is 136 Å². The summed E-state index contributed by atoms with van der Waals surface area (Å²) in [6, 6.07) is 25.1. The fraction of sp³-hybridized carbons (Fsp3) is 0.349. The summed E-state index contributed by atoms with van der Waals surface area (Å²) in [4.78, 5) is 5.16. The van der Waals surface area contributed by atoms with Crippen molar-refractivity contribution < 1.29 is 17.7 Å². The third-order valence-corrected chi connectivity index (χ3v) is 13.5. The Hall–Kier alpha value is -4.33. The minimum atomic E-state index is -4.43. The van der Waals surface area contributed by atoms with Gasteiger partial charge in [-0.2, -0.15) is 8.42 Å². The summed E-state index contributed by atoms with van der Waals surface area (Å²) >= 11 is 0. The van der Waals surface area contributed by atoms with Gasteiger partial charge in [0, 0.05) is 64.1 Å². The average Bonchev–Trinajstić information content (AvgIpc) is 3.66. The van der Waals surface area contributed by atoms with Crippen LogP contribution in [0.4, 0.5) is 17.1 Å². The molecule has 3 aromatic carbocycles. The number of para-hydroxylation sites is 2. The summed E-state index contributed by atoms with van der Waals surface area (Å²) in [5.74, 6) is 2.02. The molecule has 6 nitrogen and oxygen atoms in total. The van der Waals surface area contributed by atoms with Crippen molar-refractivity contribution in [1.82, 2.24) is 0 Å². The Morgan fingerprint density at radius 3 is 2.30 bits per heavy atom. The van der Waals surface area contributed by atoms with E-state index in [9.17, 15) is 13.0 Å². The van der Waals surface area contributed by atoms with E-state index in [0.29, 0.717) is 30.3 Å². The highest BCUT2D eigenvalue weighted by atomic mass is 32.2. The predicted molar refractivity (Wildman–Crippen MR) is 199 cm³/mol. The van der Waals surface area contributed by atoms with Gasteiger partial charge in [0.25, 0.3) is 10.1 Å². The van der Waals surface area contributed by atoms with E-state index in [2.05, 4.69) is 94.8 Å². The van der Waals surface area contributed by atoms with E-state index in [1.165, 1.54) is 67.4 Å². The van der Waals surface area contributed by atoms with Crippen LogP contribution in [-0.2, 0) is 10.1 Å². The molecule has 10 rings (SSSR count). The third-order valence-electron chi connectivity index (χ3n) is 12.5. The summed E-state index contributed by atoms with van der Waals surface area (Å²) in [6.45, 7) is 0. The summed E-state index contributed by atoms with van der Waals surface area (Å²) in [7, 11) is -4.43. The average molecular weight is 683 g/mol. The Kier molecular flexibility index (Phi) is 7.08. The normalized spacial score (nSPS) is 29.2. The summed E-state index contributed by atoms with van der Waals surface area (Å²) in [6.07, 6.45) is 22.1. The topological polar surface area (TPSA) is 70.1 Å². The van der Waals surface area contributed by atoms with E-state index in [4.69, 9.17) is 4.74 Å². The zero-order valence-electron chi connectivity index (χ0n) is 28.1. The number of anilines is 3. The smallest absolute Gasteiger partial charge is 0.291 e. The fourth-order valence-corrected chi connectivity index (χ4v) is 11.3. The SMILES string of the molecule is O=S(=O)(O)C1=CC=CCC1C1=C2C=CC(N3c4ccccc4C4CCCCC43)C=C2Oc2cc(N3c4ccccc4C4CCCCC43)ccc21. The van der Waals surface area contributed by atoms with E-state index in [1.54, 1.807) is 12.2 Å². The molecule has 6 atom stereocenters. The van der Waals surface area contributed by atoms with Gasteiger partial charge in [-0.3, -0.25) is 4.55 Å². The van der Waals surface area contributed by atoms with Crippen LogP contribution in [0.25, 0.3) is 5.57 Å². The van der Waals surface area contributed by atoms with Gasteiger partial charge in [-0.25, -0.2) is 0 Å². The number of benzene rings is 3. The summed E-state index contributed by atoms with van der Waals surface area (Å²) in [5, 5.41) is 0. The van der Waals surface area contributed by atoms with E-state index < -0.39 is 16.0 Å². The zero-order valence-corrected chi connectivity index (χ0v) is 28.9. The van der Waals surface area contributed by atoms with Crippen molar-refractivity contribution in [1.29, 1.82) is 0 Å². The van der Waals surface area contributed by atoms with Crippen LogP contribution in [0.2, 0.25) is 0 Å². The monoisotopic (exact) mass is 682 g/mol. The molecule has 3 aliphatic heterocycles. The van der Waals surface area contributed by atoms with E-state index in [1.807, 2.05) is 6.08 Å². The minimum absolute atomic E-state index is 0.00489. The first-order valence-corrected chi connectivity index (χ1v) is 20.0. The van der Waals surface area contributed by atoms with Crippen molar-refractivity contribution in [2.24, 2.45) is 5.92 Å². The second-order valence-electron chi connectivity index (χ2n) is 15.1. The molecule has 0 amide bonds. The van der Waals surface area contributed by atoms with Crippen LogP contribution in [0, 0.1) is 5.92 Å². The molecule has 4 aliphatic carbocycles. The molecule has 6 unspecified atom stereocenters. The maximum atomic E-state index is 12.8. The number of ether oxygens (including phenoxy) is 1. The lowest BCUT2D eigenvalue weighted by Gasteiger charge is -2.39. The van der Waals surface area contributed by atoms with Crippen LogP contribution < -0.4 is 14.5 Å². The largest absolute Gasteiger partial charge is 0.456 e. The quantitative estimate of drug-likeness (QED) is 0.277. The number of fused-ring (bicyclic) bond motifs is 8. The Morgan fingerprint density at radius 1 is 0.800 bits per heavy atom. The molecule has 0 spiro atoms. The van der Waals surface area contributed by atoms with Crippen LogP contribution in [-0.4, -0.2) is 31.1 Å². The van der Waals surface area contributed by atoms with Crippen LogP contribution in [0.1, 0.15) is 86.3 Å². The highest BCUT2D eigenvalue weighted by Crippen LogP contribution is 2.55. The maximum absolute atomic E-state index is 12.8. The number of hydrogen-bond acceptors (Lipinski definition) is 5. The van der Waals surface area contributed by atoms with Gasteiger partial charge in [0.15, 0.2) is 0 Å². The second-order valence-corrected chi connectivity index (χ2v) is 16.5. The Bertz CT molecular complexity index is 2180. The molecule has 2 fully saturated rings. The van der Waals surface area contributed by atoms with Crippen LogP contribution in [0.15, 0.2) is 119 Å². The first-order valence-electron chi connectivity index (χ1n) is 18.5. The van der Waals surface area contributed by atoms with E-state index in [-0.39, 0.29) is 10.9 Å². The fourth-order valence-electron chi connectivity index (χ4n) is 10.5. The second kappa shape index (κ2) is 11.6. The predicted octanol–water partition coefficient (Wildman–Crippen LogP) is 9.73. The van der Waals surface area contributed by atoms with E-state index in [0.717, 1.165) is 40.3 Å². The molecule has 0 radical (unpaired) electrons. The molecular formula is C43H42N2O4S. The molecule has 3 aromatic rings. The maximum Gasteiger partial charge on any atom is 0.291 e. The standard InChI is InChI=1S/C43H42N2O4S/c46-50(47,48)42-20-10-5-15-35(42)43-33-23-21-27(44-36-16-6-1-11-29(36)30-12-2-7-17-37(30)44)25-40(33)49-41-26-28(22-24-34(41)43)45-38-18-8-3-13-31(38)32-14-4-9-19-39(32)45/h1,3,5-6,8,10-11,13,16,18,20-27,30,32,35,37,39H,2,4,7,9,12,14-15,17,19H2,(H,46,47,48). The van der Waals surface area contributed by atoms with Gasteiger partial charge >= 0.3 is 0 Å². The molecule has 0 bridgehead atoms. The minimum Gasteiger partial charge on any atom is -0.456 e. The van der Waals surface area contributed by atoms with Gasteiger partial charge in [0.1, 0.15) is 11.5 Å². The number of hydrogen-bond donors (Lipinski definition) is 1. The highest BCUT2D eigenvalue weighted by Gasteiger charge is 2.44. The first-order chi connectivity index (χ1) is 24.5. The molecule has 1 N–H and O–H groups in total. The number of allylic oxidation sites excluding steroid dienone is 6. The van der Waals surface area contributed by atoms with Crippen molar-refractivity contribution >= 4 is 32.8 Å². The highest BCUT2D eigenvalue weighted by molar-refractivity contribution is 7.89. The van der Waals surface area contributed by atoms with Gasteiger partial charge in [-0.1, -0.05) is 86.4 Å². The molecule has 0 saturated heterocycles. The lowest BCUT2D eigenvalue weighted by Crippen LogP contribution is -2.42. The Labute approximate surface area is 294 Å². The lowest BCUT2D eigenvalue weighted by atomic mass is 9.80. The van der Waals surface area contributed by atoms with Crippen LogP contribution >= 0.6 is 0 Å². The first kappa shape index (κ1) is 30.5. The molecule has 50 heavy (non-hydrogen) atoms. The van der Waals surface area contributed by atoms with Gasteiger partial charge in [-0.05, 0) is 85.2 Å². The zero-order chi connectivity index (χ0) is 33.6. The van der Waals surface area contributed by atoms with Crippen molar-refractivity contribution in [2.45, 2.75) is 87.7 Å². The van der Waals surface area contributed by atoms with Crippen molar-refractivity contribution in [2.75, 3.05) is 9.80 Å². The molecule has 0 aromatic heterocycles. The molecule has 3 heterocycles.